The maximum absolute atomic E-state index is 17.5. The van der Waals surface area contributed by atoms with E-state index in [4.69, 9.17) is 20.2 Å². The number of hydrogen-bond acceptors (Lipinski definition) is 8. The number of aromatic nitrogens is 2. The van der Waals surface area contributed by atoms with E-state index in [1.165, 1.54) is 17.0 Å². The number of nitrogens with two attached hydrogens (primary N) is 1. The number of rotatable bonds is 8. The third kappa shape index (κ3) is 6.46. The summed E-state index contributed by atoms with van der Waals surface area (Å²) in [5, 5.41) is 0.746. The Labute approximate surface area is 324 Å². The minimum Gasteiger partial charge on any atom is -0.461 e. The second-order valence-electron chi connectivity index (χ2n) is 16.9. The summed E-state index contributed by atoms with van der Waals surface area (Å²) in [5.74, 6) is 0.489. The van der Waals surface area contributed by atoms with Crippen LogP contribution in [0.1, 0.15) is 82.0 Å². The highest BCUT2D eigenvalue weighted by molar-refractivity contribution is 6.90. The summed E-state index contributed by atoms with van der Waals surface area (Å²) in [6.07, 6.45) is 3.09. The lowest BCUT2D eigenvalue weighted by atomic mass is 9.95. The van der Waals surface area contributed by atoms with E-state index in [0.29, 0.717) is 50.0 Å². The summed E-state index contributed by atoms with van der Waals surface area (Å²) in [5.41, 5.74) is 9.59. The number of hydrogen-bond donors (Lipinski definition) is 1. The van der Waals surface area contributed by atoms with E-state index in [2.05, 4.69) is 62.9 Å². The van der Waals surface area contributed by atoms with Crippen molar-refractivity contribution >= 4 is 48.1 Å². The fourth-order valence-electron chi connectivity index (χ4n) is 10.0. The Morgan fingerprint density at radius 1 is 1.07 bits per heavy atom. The third-order valence-electron chi connectivity index (χ3n) is 12.7. The molecule has 3 saturated heterocycles. The minimum atomic E-state index is -2.42. The Morgan fingerprint density at radius 2 is 1.84 bits per heavy atom. The summed E-state index contributed by atoms with van der Waals surface area (Å²) in [6.45, 7) is 12.2. The van der Waals surface area contributed by atoms with Gasteiger partial charge in [0.2, 0.25) is 5.95 Å². The van der Waals surface area contributed by atoms with Gasteiger partial charge in [-0.15, -0.1) is 5.54 Å². The lowest BCUT2D eigenvalue weighted by molar-refractivity contribution is 0.107. The Balaban J connectivity index is 1.32. The van der Waals surface area contributed by atoms with Gasteiger partial charge in [-0.25, -0.2) is 13.2 Å². The molecule has 1 saturated carbocycles. The molecule has 294 valence electrons. The lowest BCUT2D eigenvalue weighted by Gasteiger charge is -2.38. The second-order valence-corrected chi connectivity index (χ2v) is 22.5. The molecule has 3 aromatic rings. The van der Waals surface area contributed by atoms with Gasteiger partial charge in [-0.3, -0.25) is 4.90 Å². The highest BCUT2D eigenvalue weighted by Crippen LogP contribution is 2.43. The van der Waals surface area contributed by atoms with E-state index in [0.717, 1.165) is 12.5 Å². The van der Waals surface area contributed by atoms with Crippen LogP contribution in [-0.2, 0) is 4.74 Å². The van der Waals surface area contributed by atoms with Crippen molar-refractivity contribution in [1.82, 2.24) is 14.9 Å². The molecule has 8 rings (SSSR count). The number of fused-ring (bicyclic) bond motifs is 4. The zero-order chi connectivity index (χ0) is 40.8. The normalized spacial score (nSPS) is 26.0. The molecule has 5 heterocycles. The van der Waals surface area contributed by atoms with Gasteiger partial charge in [-0.2, -0.15) is 14.4 Å². The summed E-state index contributed by atoms with van der Waals surface area (Å²) in [7, 11) is -2.42. The summed E-state index contributed by atoms with van der Waals surface area (Å²) >= 11 is 0. The van der Waals surface area contributed by atoms with Gasteiger partial charge in [0.15, 0.2) is 11.6 Å². The number of alkyl halides is 1. The Morgan fingerprint density at radius 3 is 2.58 bits per heavy atom. The van der Waals surface area contributed by atoms with Crippen molar-refractivity contribution in [2.45, 2.75) is 114 Å². The maximum Gasteiger partial charge on any atom is 0.319 e. The van der Waals surface area contributed by atoms with Gasteiger partial charge in [0.25, 0.3) is 0 Å². The summed E-state index contributed by atoms with van der Waals surface area (Å²) < 4.78 is 94.3. The first-order valence-electron chi connectivity index (χ1n) is 20.8. The number of halogens is 4. The average molecular weight is 779 g/mol. The molecular weight excluding hydrogens is 725 g/mol. The fourth-order valence-corrected chi connectivity index (χ4v) is 15.2. The fraction of sp³-hybridized carbons (Fsp3) is 0.571. The third-order valence-corrected chi connectivity index (χ3v) is 19.0. The number of ether oxygens (including phenoxy) is 2. The highest BCUT2D eigenvalue weighted by atomic mass is 28.3. The highest BCUT2D eigenvalue weighted by Gasteiger charge is 2.50. The number of benzene rings is 2. The van der Waals surface area contributed by atoms with Crippen LogP contribution >= 0.6 is 0 Å². The molecule has 4 fully saturated rings. The predicted octanol–water partition coefficient (Wildman–Crippen LogP) is 6.72. The van der Waals surface area contributed by atoms with Gasteiger partial charge < -0.3 is 25.0 Å². The maximum atomic E-state index is 17.5. The molecule has 0 unspecified atom stereocenters. The van der Waals surface area contributed by atoms with Gasteiger partial charge in [-0.05, 0) is 72.4 Å². The molecule has 5 aliphatic rings. The first kappa shape index (κ1) is 35.5. The van der Waals surface area contributed by atoms with Crippen LogP contribution in [0.2, 0.25) is 16.6 Å². The molecule has 0 spiro atoms. The lowest BCUT2D eigenvalue weighted by Crippen LogP contribution is -2.47. The van der Waals surface area contributed by atoms with Gasteiger partial charge in [-0.1, -0.05) is 53.5 Å². The first-order chi connectivity index (χ1) is 27.0. The van der Waals surface area contributed by atoms with Gasteiger partial charge in [0.05, 0.1) is 31.7 Å². The number of nitrogen functional groups attached to an aromatic ring is 1. The van der Waals surface area contributed by atoms with Crippen molar-refractivity contribution < 1.29 is 29.8 Å². The topological polar surface area (TPSA) is 80.0 Å². The van der Waals surface area contributed by atoms with E-state index in [-0.39, 0.29) is 87.3 Å². The van der Waals surface area contributed by atoms with Crippen LogP contribution in [0.3, 0.4) is 0 Å². The molecule has 4 atom stereocenters. The van der Waals surface area contributed by atoms with Crippen molar-refractivity contribution in [3.8, 4) is 17.5 Å². The minimum absolute atomic E-state index is 0.00768. The van der Waals surface area contributed by atoms with Crippen LogP contribution in [0.15, 0.2) is 18.2 Å². The molecule has 13 heteroatoms. The van der Waals surface area contributed by atoms with Gasteiger partial charge >= 0.3 is 6.01 Å². The van der Waals surface area contributed by atoms with Gasteiger partial charge in [0.1, 0.15) is 32.0 Å². The van der Waals surface area contributed by atoms with Crippen molar-refractivity contribution in [3.05, 3.63) is 46.0 Å². The molecular formula is C42H52F4N6O2Si. The summed E-state index contributed by atoms with van der Waals surface area (Å²) in [4.78, 5) is 14.5. The zero-order valence-electron chi connectivity index (χ0n) is 34.5. The first-order valence-corrected chi connectivity index (χ1v) is 22.0. The monoisotopic (exact) mass is 778 g/mol. The largest absolute Gasteiger partial charge is 0.461 e. The molecule has 4 aliphatic heterocycles. The molecule has 0 amide bonds. The molecule has 0 bridgehead atoms. The molecule has 55 heavy (non-hydrogen) atoms. The van der Waals surface area contributed by atoms with E-state index in [1.807, 2.05) is 4.90 Å². The van der Waals surface area contributed by atoms with Gasteiger partial charge in [0, 0.05) is 49.0 Å². The van der Waals surface area contributed by atoms with Crippen LogP contribution in [0.5, 0.6) is 6.01 Å². The molecule has 0 radical (unpaired) electrons. The molecule has 2 N–H and O–H groups in total. The van der Waals surface area contributed by atoms with E-state index < -0.39 is 43.9 Å². The second kappa shape index (κ2) is 14.3. The Bertz CT molecular complexity index is 2280. The molecule has 8 nitrogen and oxygen atoms in total. The van der Waals surface area contributed by atoms with Crippen LogP contribution in [0.4, 0.5) is 34.8 Å². The van der Waals surface area contributed by atoms with Crippen molar-refractivity contribution in [2.24, 2.45) is 0 Å². The molecule has 2 aromatic carbocycles. The van der Waals surface area contributed by atoms with Crippen molar-refractivity contribution in [3.63, 3.8) is 0 Å². The van der Waals surface area contributed by atoms with Crippen LogP contribution in [0, 0.1) is 23.1 Å². The number of nitrogens with zero attached hydrogens (tertiary/aromatic N) is 5. The molecule has 1 aliphatic carbocycles. The SMILES string of the molecule is [2H]C([2H])(Oc1nc(N2CCCO[C@H]3C[C@H]32)c2c(n1)=C(F)N(c1cc(N)cc3cc(F)c(F)c(C#C[Si](C(C)C)(C(C)C)C(C)C)c13)CC=2)[C@@]12CCCN1C[C@H](F)C2. The average Bonchev–Trinajstić information content (AvgIpc) is 3.71. The Hall–Kier alpha value is -3.86. The van der Waals surface area contributed by atoms with Crippen molar-refractivity contribution in [1.29, 1.82) is 0 Å². The van der Waals surface area contributed by atoms with E-state index in [1.54, 1.807) is 6.08 Å². The smallest absolute Gasteiger partial charge is 0.319 e. The van der Waals surface area contributed by atoms with Crippen LogP contribution < -0.4 is 30.8 Å². The van der Waals surface area contributed by atoms with Crippen LogP contribution in [0.25, 0.3) is 22.8 Å². The van der Waals surface area contributed by atoms with Crippen LogP contribution in [-0.4, -0.2) is 86.1 Å². The van der Waals surface area contributed by atoms with Crippen molar-refractivity contribution in [2.75, 3.05) is 54.9 Å². The summed E-state index contributed by atoms with van der Waals surface area (Å²) in [6, 6.07) is 3.74. The van der Waals surface area contributed by atoms with E-state index in [9.17, 15) is 7.13 Å². The molecule has 1 aromatic heterocycles. The Kier molecular flexibility index (Phi) is 9.22. The number of anilines is 3. The quantitative estimate of drug-likeness (QED) is 0.0889. The predicted molar refractivity (Wildman–Crippen MR) is 212 cm³/mol. The standard InChI is InChI=1S/C42H52F4N6O2Si/c1-24(2)55(25(3)4,26(5)6)16-10-30-36-27(18-32(44)37(30)45)17-29(47)19-34(36)51-14-9-31-38(39(51)46)48-41(49-40(31)52-13-8-15-53-35-20-33(35)52)54-23-42-11-7-12-50(42)22-28(43)21-42/h9,17-19,24-26,28,33,35H,7-8,11-15,20-23,47H2,1-6H3/t28-,33-,35+,42+/m1/s1/i23D2. The zero-order valence-corrected chi connectivity index (χ0v) is 33.5. The van der Waals surface area contributed by atoms with E-state index >= 15 is 13.2 Å².